The number of hydrogen-bond donors (Lipinski definition) is 2. The molecule has 2 heterocycles. The van der Waals surface area contributed by atoms with Gasteiger partial charge in [0, 0.05) is 13.1 Å². The highest BCUT2D eigenvalue weighted by Crippen LogP contribution is 2.05. The fourth-order valence-electron chi connectivity index (χ4n) is 1.60. The SMILES string of the molecule is Cc1nonc1CNC1CCCNC1=O. The van der Waals surface area contributed by atoms with Crippen molar-refractivity contribution in [3.63, 3.8) is 0 Å². The zero-order valence-electron chi connectivity index (χ0n) is 8.62. The average Bonchev–Trinajstić information content (AvgIpc) is 2.63. The third-order valence-corrected chi connectivity index (χ3v) is 2.55. The van der Waals surface area contributed by atoms with E-state index in [9.17, 15) is 4.79 Å². The minimum absolute atomic E-state index is 0.0651. The second kappa shape index (κ2) is 4.39. The van der Waals surface area contributed by atoms with Gasteiger partial charge in [-0.3, -0.25) is 10.1 Å². The summed E-state index contributed by atoms with van der Waals surface area (Å²) >= 11 is 0. The first kappa shape index (κ1) is 10.1. The highest BCUT2D eigenvalue weighted by Gasteiger charge is 2.21. The maximum absolute atomic E-state index is 11.4. The van der Waals surface area contributed by atoms with Crippen LogP contribution in [0.4, 0.5) is 0 Å². The molecule has 1 fully saturated rings. The minimum atomic E-state index is -0.116. The van der Waals surface area contributed by atoms with Gasteiger partial charge >= 0.3 is 0 Å². The zero-order valence-corrected chi connectivity index (χ0v) is 8.62. The summed E-state index contributed by atoms with van der Waals surface area (Å²) in [6, 6.07) is -0.116. The molecule has 1 aromatic heterocycles. The van der Waals surface area contributed by atoms with Crippen molar-refractivity contribution < 1.29 is 9.42 Å². The van der Waals surface area contributed by atoms with Gasteiger partial charge in [0.1, 0.15) is 11.4 Å². The number of rotatable bonds is 3. The Labute approximate surface area is 87.4 Å². The number of carbonyl (C=O) groups is 1. The van der Waals surface area contributed by atoms with Crippen LogP contribution in [0.3, 0.4) is 0 Å². The van der Waals surface area contributed by atoms with Crippen molar-refractivity contribution in [1.29, 1.82) is 0 Å². The van der Waals surface area contributed by atoms with Crippen molar-refractivity contribution in [3.8, 4) is 0 Å². The smallest absolute Gasteiger partial charge is 0.237 e. The van der Waals surface area contributed by atoms with Crippen LogP contribution in [0.25, 0.3) is 0 Å². The molecule has 1 amide bonds. The summed E-state index contributed by atoms with van der Waals surface area (Å²) in [5.41, 5.74) is 1.52. The summed E-state index contributed by atoms with van der Waals surface area (Å²) in [6.45, 7) is 3.13. The first-order valence-electron chi connectivity index (χ1n) is 5.06. The molecule has 1 aliphatic rings. The van der Waals surface area contributed by atoms with E-state index in [0.29, 0.717) is 6.54 Å². The Morgan fingerprint density at radius 1 is 1.60 bits per heavy atom. The zero-order chi connectivity index (χ0) is 10.7. The van der Waals surface area contributed by atoms with Crippen LogP contribution in [0.1, 0.15) is 24.2 Å². The van der Waals surface area contributed by atoms with Crippen LogP contribution in [0, 0.1) is 6.92 Å². The predicted molar refractivity (Wildman–Crippen MR) is 51.9 cm³/mol. The van der Waals surface area contributed by atoms with Crippen LogP contribution in [0.15, 0.2) is 4.63 Å². The number of aromatic nitrogens is 2. The molecule has 2 rings (SSSR count). The van der Waals surface area contributed by atoms with Gasteiger partial charge in [0.05, 0.1) is 6.04 Å². The fraction of sp³-hybridized carbons (Fsp3) is 0.667. The number of hydrogen-bond acceptors (Lipinski definition) is 5. The molecule has 6 heteroatoms. The van der Waals surface area contributed by atoms with Gasteiger partial charge in [0.15, 0.2) is 0 Å². The number of carbonyl (C=O) groups excluding carboxylic acids is 1. The first-order chi connectivity index (χ1) is 7.27. The molecule has 1 aromatic rings. The Morgan fingerprint density at radius 2 is 2.47 bits per heavy atom. The Hall–Kier alpha value is -1.43. The van der Waals surface area contributed by atoms with Gasteiger partial charge in [0.2, 0.25) is 5.91 Å². The highest BCUT2D eigenvalue weighted by atomic mass is 16.6. The Balaban J connectivity index is 1.87. The molecule has 0 aliphatic carbocycles. The predicted octanol–water partition coefficient (Wildman–Crippen LogP) is -0.254. The van der Waals surface area contributed by atoms with Gasteiger partial charge in [-0.1, -0.05) is 10.3 Å². The van der Waals surface area contributed by atoms with Crippen LogP contribution in [0.5, 0.6) is 0 Å². The molecule has 2 N–H and O–H groups in total. The Kier molecular flexibility index (Phi) is 2.96. The molecule has 1 unspecified atom stereocenters. The second-order valence-electron chi connectivity index (χ2n) is 3.66. The molecule has 0 saturated carbocycles. The fourth-order valence-corrected chi connectivity index (χ4v) is 1.60. The largest absolute Gasteiger partial charge is 0.355 e. The summed E-state index contributed by atoms with van der Waals surface area (Å²) in [5, 5.41) is 13.4. The third-order valence-electron chi connectivity index (χ3n) is 2.55. The van der Waals surface area contributed by atoms with Gasteiger partial charge in [-0.2, -0.15) is 0 Å². The van der Waals surface area contributed by atoms with Gasteiger partial charge in [-0.05, 0) is 19.8 Å². The van der Waals surface area contributed by atoms with Crippen LogP contribution in [0.2, 0.25) is 0 Å². The molecule has 15 heavy (non-hydrogen) atoms. The number of amides is 1. The maximum Gasteiger partial charge on any atom is 0.237 e. The summed E-state index contributed by atoms with van der Waals surface area (Å²) in [7, 11) is 0. The average molecular weight is 210 g/mol. The molecule has 6 nitrogen and oxygen atoms in total. The summed E-state index contributed by atoms with van der Waals surface area (Å²) in [6.07, 6.45) is 1.88. The summed E-state index contributed by atoms with van der Waals surface area (Å²) in [4.78, 5) is 11.4. The monoisotopic (exact) mass is 210 g/mol. The van der Waals surface area contributed by atoms with Crippen molar-refractivity contribution in [3.05, 3.63) is 11.4 Å². The molecule has 0 spiro atoms. The standard InChI is InChI=1S/C9H14N4O2/c1-6-8(13-15-12-6)5-11-7-3-2-4-10-9(7)14/h7,11H,2-5H2,1H3,(H,10,14). The van der Waals surface area contributed by atoms with Crippen molar-refractivity contribution in [2.45, 2.75) is 32.4 Å². The van der Waals surface area contributed by atoms with Crippen molar-refractivity contribution in [2.24, 2.45) is 0 Å². The topological polar surface area (TPSA) is 80.1 Å². The van der Waals surface area contributed by atoms with Crippen molar-refractivity contribution in [1.82, 2.24) is 20.9 Å². The minimum Gasteiger partial charge on any atom is -0.355 e. The second-order valence-corrected chi connectivity index (χ2v) is 3.66. The van der Waals surface area contributed by atoms with E-state index < -0.39 is 0 Å². The third kappa shape index (κ3) is 2.33. The molecule has 0 radical (unpaired) electrons. The molecular weight excluding hydrogens is 196 g/mol. The van der Waals surface area contributed by atoms with E-state index in [-0.39, 0.29) is 11.9 Å². The molecular formula is C9H14N4O2. The normalized spacial score (nSPS) is 21.4. The van der Waals surface area contributed by atoms with Gasteiger partial charge < -0.3 is 5.32 Å². The van der Waals surface area contributed by atoms with Crippen LogP contribution >= 0.6 is 0 Å². The first-order valence-corrected chi connectivity index (χ1v) is 5.06. The molecule has 1 atom stereocenters. The number of aryl methyl sites for hydroxylation is 1. The number of piperidine rings is 1. The van der Waals surface area contributed by atoms with E-state index in [1.807, 2.05) is 6.92 Å². The maximum atomic E-state index is 11.4. The van der Waals surface area contributed by atoms with Crippen LogP contribution < -0.4 is 10.6 Å². The van der Waals surface area contributed by atoms with Gasteiger partial charge in [-0.25, -0.2) is 4.63 Å². The van der Waals surface area contributed by atoms with Crippen LogP contribution in [-0.4, -0.2) is 28.8 Å². The molecule has 0 bridgehead atoms. The van der Waals surface area contributed by atoms with E-state index in [4.69, 9.17) is 0 Å². The highest BCUT2D eigenvalue weighted by molar-refractivity contribution is 5.82. The van der Waals surface area contributed by atoms with Gasteiger partial charge in [-0.15, -0.1) is 0 Å². The Morgan fingerprint density at radius 3 is 3.13 bits per heavy atom. The van der Waals surface area contributed by atoms with E-state index in [0.717, 1.165) is 30.8 Å². The molecule has 1 saturated heterocycles. The Bertz CT molecular complexity index is 350. The van der Waals surface area contributed by atoms with E-state index in [2.05, 4.69) is 25.6 Å². The van der Waals surface area contributed by atoms with Crippen LogP contribution in [-0.2, 0) is 11.3 Å². The van der Waals surface area contributed by atoms with Crippen molar-refractivity contribution >= 4 is 5.91 Å². The lowest BCUT2D eigenvalue weighted by Gasteiger charge is -2.22. The molecule has 0 aromatic carbocycles. The van der Waals surface area contributed by atoms with Gasteiger partial charge in [0.25, 0.3) is 0 Å². The van der Waals surface area contributed by atoms with Crippen molar-refractivity contribution in [2.75, 3.05) is 6.54 Å². The number of nitrogens with zero attached hydrogens (tertiary/aromatic N) is 2. The number of nitrogens with one attached hydrogen (secondary N) is 2. The lowest BCUT2D eigenvalue weighted by molar-refractivity contribution is -0.124. The lowest BCUT2D eigenvalue weighted by Crippen LogP contribution is -2.48. The lowest BCUT2D eigenvalue weighted by atomic mass is 10.1. The van der Waals surface area contributed by atoms with E-state index in [1.165, 1.54) is 0 Å². The molecule has 1 aliphatic heterocycles. The quantitative estimate of drug-likeness (QED) is 0.719. The summed E-state index contributed by atoms with van der Waals surface area (Å²) in [5.74, 6) is 0.0651. The summed E-state index contributed by atoms with van der Waals surface area (Å²) < 4.78 is 4.57. The van der Waals surface area contributed by atoms with E-state index in [1.54, 1.807) is 0 Å². The molecule has 82 valence electrons. The van der Waals surface area contributed by atoms with E-state index >= 15 is 0 Å².